The van der Waals surface area contributed by atoms with Gasteiger partial charge >= 0.3 is 0 Å². The molecule has 0 aromatic heterocycles. The molecule has 1 aliphatic heterocycles. The zero-order chi connectivity index (χ0) is 16.6. The summed E-state index contributed by atoms with van der Waals surface area (Å²) >= 11 is 6.08. The van der Waals surface area contributed by atoms with Gasteiger partial charge in [-0.05, 0) is 36.8 Å². The van der Waals surface area contributed by atoms with Crippen molar-refractivity contribution in [3.8, 4) is 0 Å². The minimum absolute atomic E-state index is 0.109. The number of rotatable bonds is 2. The summed E-state index contributed by atoms with van der Waals surface area (Å²) < 4.78 is 26.7. The Morgan fingerprint density at radius 1 is 1.22 bits per heavy atom. The number of sulfonamides is 1. The van der Waals surface area contributed by atoms with Gasteiger partial charge in [-0.15, -0.1) is 0 Å². The Morgan fingerprint density at radius 2 is 1.96 bits per heavy atom. The van der Waals surface area contributed by atoms with E-state index >= 15 is 0 Å². The zero-order valence-electron chi connectivity index (χ0n) is 12.1. The van der Waals surface area contributed by atoms with Crippen LogP contribution in [0.3, 0.4) is 0 Å². The van der Waals surface area contributed by atoms with Gasteiger partial charge in [-0.25, -0.2) is 8.42 Å². The van der Waals surface area contributed by atoms with Gasteiger partial charge in [0.2, 0.25) is 10.0 Å². The van der Waals surface area contributed by atoms with Gasteiger partial charge < -0.3 is 10.6 Å². The van der Waals surface area contributed by atoms with Crippen molar-refractivity contribution in [1.82, 2.24) is 4.72 Å². The van der Waals surface area contributed by atoms with Crippen LogP contribution in [0, 0.1) is 6.92 Å². The molecule has 1 aliphatic rings. The maximum Gasteiger partial charge on any atom is 0.262 e. The first-order chi connectivity index (χ1) is 10.9. The Bertz CT molecular complexity index is 883. The highest BCUT2D eigenvalue weighted by Crippen LogP contribution is 2.27. The van der Waals surface area contributed by atoms with Crippen LogP contribution in [-0.2, 0) is 14.8 Å². The maximum atomic E-state index is 12.3. The van der Waals surface area contributed by atoms with E-state index in [0.717, 1.165) is 5.56 Å². The van der Waals surface area contributed by atoms with E-state index in [2.05, 4.69) is 15.4 Å². The minimum Gasteiger partial charge on any atom is -0.360 e. The molecule has 3 N–H and O–H groups in total. The number of amides is 1. The van der Waals surface area contributed by atoms with Gasteiger partial charge in [0.15, 0.2) is 6.17 Å². The van der Waals surface area contributed by atoms with Crippen LogP contribution in [-0.4, -0.2) is 20.5 Å². The molecule has 6 nitrogen and oxygen atoms in total. The van der Waals surface area contributed by atoms with Crippen LogP contribution in [0.1, 0.15) is 5.56 Å². The van der Waals surface area contributed by atoms with Gasteiger partial charge in [0.05, 0.1) is 16.4 Å². The molecule has 0 aliphatic carbocycles. The highest BCUT2D eigenvalue weighted by molar-refractivity contribution is 7.89. The standard InChI is InChI=1S/C15H14ClN3O3S/c1-9-6-7-11(10(16)8-9)18-15(20)14-17-12-4-2-3-5-13(12)23(21,22)19-14/h2-8,14,17,19H,1H3,(H,18,20). The molecule has 0 fully saturated rings. The second-order valence-corrected chi connectivity index (χ2v) is 7.26. The van der Waals surface area contributed by atoms with E-state index < -0.39 is 22.1 Å². The minimum atomic E-state index is -3.75. The average Bonchev–Trinajstić information content (AvgIpc) is 2.49. The summed E-state index contributed by atoms with van der Waals surface area (Å²) in [5, 5.41) is 5.86. The van der Waals surface area contributed by atoms with Gasteiger partial charge in [-0.3, -0.25) is 4.79 Å². The maximum absolute atomic E-state index is 12.3. The summed E-state index contributed by atoms with van der Waals surface area (Å²) in [5.74, 6) is -0.547. The SMILES string of the molecule is Cc1ccc(NC(=O)C2Nc3ccccc3S(=O)(=O)N2)c(Cl)c1. The van der Waals surface area contributed by atoms with Crippen LogP contribution in [0.25, 0.3) is 0 Å². The summed E-state index contributed by atoms with van der Waals surface area (Å²) in [6.07, 6.45) is -1.12. The molecule has 2 aromatic rings. The molecule has 1 atom stereocenters. The van der Waals surface area contributed by atoms with Gasteiger partial charge in [0.1, 0.15) is 4.90 Å². The molecule has 1 amide bonds. The molecule has 23 heavy (non-hydrogen) atoms. The topological polar surface area (TPSA) is 87.3 Å². The molecular formula is C15H14ClN3O3S. The lowest BCUT2D eigenvalue weighted by atomic mass is 10.2. The van der Waals surface area contributed by atoms with Crippen molar-refractivity contribution in [2.45, 2.75) is 18.0 Å². The first kappa shape index (κ1) is 15.8. The number of halogens is 1. The number of fused-ring (bicyclic) bond motifs is 1. The summed E-state index contributed by atoms with van der Waals surface area (Å²) in [6.45, 7) is 1.88. The molecule has 0 saturated heterocycles. The van der Waals surface area contributed by atoms with Gasteiger partial charge in [-0.2, -0.15) is 4.72 Å². The molecule has 0 radical (unpaired) electrons. The molecule has 8 heteroatoms. The van der Waals surface area contributed by atoms with E-state index in [1.54, 1.807) is 36.4 Å². The first-order valence-corrected chi connectivity index (χ1v) is 8.68. The van der Waals surface area contributed by atoms with Gasteiger partial charge in [0, 0.05) is 0 Å². The molecule has 1 unspecified atom stereocenters. The smallest absolute Gasteiger partial charge is 0.262 e. The number of para-hydroxylation sites is 1. The van der Waals surface area contributed by atoms with Crippen molar-refractivity contribution in [3.63, 3.8) is 0 Å². The Hall–Kier alpha value is -2.09. The number of anilines is 2. The first-order valence-electron chi connectivity index (χ1n) is 6.82. The molecule has 0 saturated carbocycles. The summed E-state index contributed by atoms with van der Waals surface area (Å²) in [6, 6.07) is 11.6. The third-order valence-corrected chi connectivity index (χ3v) is 5.19. The fourth-order valence-electron chi connectivity index (χ4n) is 2.27. The van der Waals surface area contributed by atoms with Crippen LogP contribution in [0.15, 0.2) is 47.4 Å². The molecule has 1 heterocycles. The lowest BCUT2D eigenvalue weighted by Crippen LogP contribution is -2.51. The number of hydrogen-bond donors (Lipinski definition) is 3. The fraction of sp³-hybridized carbons (Fsp3) is 0.133. The lowest BCUT2D eigenvalue weighted by molar-refractivity contribution is -0.117. The quantitative estimate of drug-likeness (QED) is 0.774. The molecule has 0 spiro atoms. The molecule has 3 rings (SSSR count). The van der Waals surface area contributed by atoms with Crippen molar-refractivity contribution < 1.29 is 13.2 Å². The summed E-state index contributed by atoms with van der Waals surface area (Å²) in [7, 11) is -3.75. The van der Waals surface area contributed by atoms with Crippen molar-refractivity contribution in [1.29, 1.82) is 0 Å². The van der Waals surface area contributed by atoms with E-state index in [0.29, 0.717) is 16.4 Å². The summed E-state index contributed by atoms with van der Waals surface area (Å²) in [5.41, 5.74) is 1.75. The van der Waals surface area contributed by atoms with Crippen molar-refractivity contribution in [2.24, 2.45) is 0 Å². The third-order valence-electron chi connectivity index (χ3n) is 3.39. The number of hydrogen-bond acceptors (Lipinski definition) is 4. The number of nitrogens with one attached hydrogen (secondary N) is 3. The highest BCUT2D eigenvalue weighted by Gasteiger charge is 2.33. The number of carbonyl (C=O) groups is 1. The third kappa shape index (κ3) is 3.17. The molecule has 2 aromatic carbocycles. The normalized spacial score (nSPS) is 18.6. The molecular weight excluding hydrogens is 338 g/mol. The van der Waals surface area contributed by atoms with E-state index in [9.17, 15) is 13.2 Å². The molecule has 120 valence electrons. The van der Waals surface area contributed by atoms with Crippen LogP contribution in [0.4, 0.5) is 11.4 Å². The predicted molar refractivity (Wildman–Crippen MR) is 89.0 cm³/mol. The number of benzene rings is 2. The Morgan fingerprint density at radius 3 is 2.70 bits per heavy atom. The van der Waals surface area contributed by atoms with Crippen LogP contribution in [0.5, 0.6) is 0 Å². The van der Waals surface area contributed by atoms with Crippen molar-refractivity contribution >= 4 is 38.9 Å². The highest BCUT2D eigenvalue weighted by atomic mass is 35.5. The van der Waals surface area contributed by atoms with Crippen LogP contribution < -0.4 is 15.4 Å². The Kier molecular flexibility index (Phi) is 4.01. The largest absolute Gasteiger partial charge is 0.360 e. The Balaban J connectivity index is 1.84. The number of carbonyl (C=O) groups excluding carboxylic acids is 1. The monoisotopic (exact) mass is 351 g/mol. The second kappa shape index (κ2) is 5.84. The number of aryl methyl sites for hydroxylation is 1. The molecule has 0 bridgehead atoms. The zero-order valence-corrected chi connectivity index (χ0v) is 13.7. The van der Waals surface area contributed by atoms with E-state index in [1.807, 2.05) is 6.92 Å². The van der Waals surface area contributed by atoms with E-state index in [1.165, 1.54) is 6.07 Å². The summed E-state index contributed by atoms with van der Waals surface area (Å²) in [4.78, 5) is 12.5. The second-order valence-electron chi connectivity index (χ2n) is 5.17. The van der Waals surface area contributed by atoms with Crippen LogP contribution >= 0.6 is 11.6 Å². The fourth-order valence-corrected chi connectivity index (χ4v) is 3.83. The van der Waals surface area contributed by atoms with Gasteiger partial charge in [-0.1, -0.05) is 29.8 Å². The van der Waals surface area contributed by atoms with E-state index in [4.69, 9.17) is 11.6 Å². The predicted octanol–water partition coefficient (Wildman–Crippen LogP) is 2.32. The van der Waals surface area contributed by atoms with Crippen LogP contribution in [0.2, 0.25) is 5.02 Å². The van der Waals surface area contributed by atoms with Crippen molar-refractivity contribution in [2.75, 3.05) is 10.6 Å². The lowest BCUT2D eigenvalue weighted by Gasteiger charge is -2.27. The average molecular weight is 352 g/mol. The van der Waals surface area contributed by atoms with Gasteiger partial charge in [0.25, 0.3) is 5.91 Å². The van der Waals surface area contributed by atoms with Crippen molar-refractivity contribution in [3.05, 3.63) is 53.1 Å². The Labute approximate surface area is 138 Å². The van der Waals surface area contributed by atoms with E-state index in [-0.39, 0.29) is 4.90 Å².